The number of rotatable bonds is 6. The van der Waals surface area contributed by atoms with E-state index in [2.05, 4.69) is 56.7 Å². The fourth-order valence-corrected chi connectivity index (χ4v) is 4.36. The van der Waals surface area contributed by atoms with Gasteiger partial charge in [-0.05, 0) is 16.7 Å². The Labute approximate surface area is 195 Å². The number of nitrogens with zero attached hydrogens (tertiary/aromatic N) is 4. The van der Waals surface area contributed by atoms with E-state index in [0.29, 0.717) is 11.2 Å². The summed E-state index contributed by atoms with van der Waals surface area (Å²) in [5.74, 6) is 0.0520. The van der Waals surface area contributed by atoms with Crippen molar-refractivity contribution in [3.8, 4) is 6.01 Å². The Morgan fingerprint density at radius 3 is 1.79 bits per heavy atom. The molecular weight excluding hydrogens is 430 g/mol. The number of nitrogens with one attached hydrogen (secondary N) is 1. The van der Waals surface area contributed by atoms with Crippen LogP contribution in [0.5, 0.6) is 6.01 Å². The van der Waals surface area contributed by atoms with Gasteiger partial charge in [-0.25, -0.2) is 9.78 Å². The van der Waals surface area contributed by atoms with Gasteiger partial charge in [0, 0.05) is 0 Å². The van der Waals surface area contributed by atoms with E-state index < -0.39 is 11.6 Å². The lowest BCUT2D eigenvalue weighted by Crippen LogP contribution is -2.37. The molecule has 2 heterocycles. The highest BCUT2D eigenvalue weighted by Gasteiger charge is 2.40. The maximum Gasteiger partial charge on any atom is 0.410 e. The number of hydrogen-bond acceptors (Lipinski definition) is 5. The van der Waals surface area contributed by atoms with Crippen molar-refractivity contribution >= 4 is 23.1 Å². The van der Waals surface area contributed by atoms with E-state index in [-0.39, 0.29) is 11.8 Å². The average molecular weight is 451 g/mol. The van der Waals surface area contributed by atoms with Gasteiger partial charge in [0.15, 0.2) is 17.0 Å². The molecule has 0 atom stereocenters. The molecule has 0 radical (unpaired) electrons. The second-order valence-electron chi connectivity index (χ2n) is 7.58. The molecule has 5 rings (SSSR count). The molecule has 0 aliphatic carbocycles. The zero-order chi connectivity index (χ0) is 23.5. The smallest absolute Gasteiger partial charge is 0.410 e. The minimum atomic E-state index is -1.25. The van der Waals surface area contributed by atoms with Crippen LogP contribution in [-0.4, -0.2) is 37.8 Å². The third-order valence-corrected chi connectivity index (χ3v) is 5.72. The van der Waals surface area contributed by atoms with Crippen LogP contribution in [0.3, 0.4) is 0 Å². The molecule has 0 aliphatic heterocycles. The van der Waals surface area contributed by atoms with Crippen LogP contribution in [0.15, 0.2) is 97.3 Å². The van der Waals surface area contributed by atoms with Crippen LogP contribution in [-0.2, 0) is 5.54 Å². The van der Waals surface area contributed by atoms with Crippen molar-refractivity contribution in [1.29, 1.82) is 0 Å². The topological polar surface area (TPSA) is 102 Å². The highest BCUT2D eigenvalue weighted by molar-refractivity contribution is 5.93. The molecule has 0 unspecified atom stereocenters. The summed E-state index contributed by atoms with van der Waals surface area (Å²) in [6.45, 7) is 0. The van der Waals surface area contributed by atoms with Gasteiger partial charge in [0.2, 0.25) is 0 Å². The van der Waals surface area contributed by atoms with E-state index >= 15 is 0 Å². The first kappa shape index (κ1) is 21.1. The van der Waals surface area contributed by atoms with Crippen LogP contribution < -0.4 is 10.1 Å². The SMILES string of the molecule is COc1nc(NC(=O)O)c2ncn(C(c3ccccc3)(c3ccccc3)c3ccccc3)c2n1. The van der Waals surface area contributed by atoms with E-state index in [4.69, 9.17) is 4.74 Å². The summed E-state index contributed by atoms with van der Waals surface area (Å²) in [4.78, 5) is 24.7. The third kappa shape index (κ3) is 3.41. The molecule has 1 amide bonds. The Kier molecular flexibility index (Phi) is 5.39. The number of anilines is 1. The fourth-order valence-electron chi connectivity index (χ4n) is 4.36. The van der Waals surface area contributed by atoms with E-state index in [9.17, 15) is 9.90 Å². The summed E-state index contributed by atoms with van der Waals surface area (Å²) in [6.07, 6.45) is 0.413. The number of amides is 1. The zero-order valence-electron chi connectivity index (χ0n) is 18.3. The van der Waals surface area contributed by atoms with Crippen molar-refractivity contribution in [2.45, 2.75) is 5.54 Å². The normalized spacial score (nSPS) is 11.3. The zero-order valence-corrected chi connectivity index (χ0v) is 18.3. The first-order valence-corrected chi connectivity index (χ1v) is 10.6. The number of fused-ring (bicyclic) bond motifs is 1. The Morgan fingerprint density at radius 2 is 1.35 bits per heavy atom. The first-order valence-electron chi connectivity index (χ1n) is 10.6. The molecule has 0 saturated heterocycles. The van der Waals surface area contributed by atoms with Crippen molar-refractivity contribution in [2.24, 2.45) is 0 Å². The number of aromatic nitrogens is 4. The Hall–Kier alpha value is -4.72. The van der Waals surface area contributed by atoms with Crippen molar-refractivity contribution in [2.75, 3.05) is 12.4 Å². The van der Waals surface area contributed by atoms with Gasteiger partial charge in [0.05, 0.1) is 13.4 Å². The second kappa shape index (κ2) is 8.67. The summed E-state index contributed by atoms with van der Waals surface area (Å²) in [5, 5.41) is 11.7. The highest BCUT2D eigenvalue weighted by Crippen LogP contribution is 2.42. The molecular formula is C26H21N5O3. The molecule has 3 aromatic carbocycles. The highest BCUT2D eigenvalue weighted by atomic mass is 16.5. The molecule has 0 aliphatic rings. The molecule has 0 spiro atoms. The minimum absolute atomic E-state index is 0.0288. The van der Waals surface area contributed by atoms with Crippen LogP contribution in [0.2, 0.25) is 0 Å². The van der Waals surface area contributed by atoms with E-state index in [1.54, 1.807) is 6.33 Å². The number of methoxy groups -OCH3 is 1. The van der Waals surface area contributed by atoms with Gasteiger partial charge in [-0.3, -0.25) is 9.88 Å². The van der Waals surface area contributed by atoms with Crippen molar-refractivity contribution in [3.05, 3.63) is 114 Å². The fraction of sp³-hybridized carbons (Fsp3) is 0.0769. The number of ether oxygens (including phenoxy) is 1. The maximum atomic E-state index is 11.4. The summed E-state index contributed by atoms with van der Waals surface area (Å²) >= 11 is 0. The number of carboxylic acid groups (broad SMARTS) is 1. The van der Waals surface area contributed by atoms with Crippen LogP contribution in [0.4, 0.5) is 10.6 Å². The van der Waals surface area contributed by atoms with Gasteiger partial charge < -0.3 is 9.84 Å². The summed E-state index contributed by atoms with van der Waals surface area (Å²) in [6, 6.07) is 30.2. The van der Waals surface area contributed by atoms with Crippen molar-refractivity contribution in [1.82, 2.24) is 19.5 Å². The lowest BCUT2D eigenvalue weighted by atomic mass is 9.76. The molecule has 34 heavy (non-hydrogen) atoms. The van der Waals surface area contributed by atoms with Crippen molar-refractivity contribution < 1.29 is 14.6 Å². The average Bonchev–Trinajstić information content (AvgIpc) is 3.31. The summed E-state index contributed by atoms with van der Waals surface area (Å²) in [5.41, 5.74) is 2.83. The third-order valence-electron chi connectivity index (χ3n) is 5.72. The number of carbonyl (C=O) groups is 1. The van der Waals surface area contributed by atoms with Crippen molar-refractivity contribution in [3.63, 3.8) is 0 Å². The summed E-state index contributed by atoms with van der Waals surface area (Å²) in [7, 11) is 1.44. The Balaban J connectivity index is 1.94. The maximum absolute atomic E-state index is 11.4. The molecule has 5 aromatic rings. The van der Waals surface area contributed by atoms with Gasteiger partial charge in [-0.1, -0.05) is 91.0 Å². The molecule has 0 bridgehead atoms. The van der Waals surface area contributed by atoms with Crippen LogP contribution in [0.25, 0.3) is 11.2 Å². The quantitative estimate of drug-likeness (QED) is 0.361. The molecule has 2 aromatic heterocycles. The molecule has 0 fully saturated rings. The standard InChI is InChI=1S/C26H21N5O3/c1-34-24-28-22(29-25(32)33)21-23(30-24)31(17-27-21)26(18-11-5-2-6-12-18,19-13-7-3-8-14-19)20-15-9-4-10-16-20/h2-17H,1H3,(H,32,33)(H,28,29,30). The Morgan fingerprint density at radius 1 is 0.853 bits per heavy atom. The van der Waals surface area contributed by atoms with Gasteiger partial charge >= 0.3 is 12.1 Å². The first-order chi connectivity index (χ1) is 16.6. The number of hydrogen-bond donors (Lipinski definition) is 2. The molecule has 8 nitrogen and oxygen atoms in total. The lowest BCUT2D eigenvalue weighted by Gasteiger charge is -2.37. The molecule has 2 N–H and O–H groups in total. The monoisotopic (exact) mass is 451 g/mol. The minimum Gasteiger partial charge on any atom is -0.467 e. The van der Waals surface area contributed by atoms with E-state index in [1.807, 2.05) is 59.2 Å². The van der Waals surface area contributed by atoms with E-state index in [0.717, 1.165) is 16.7 Å². The predicted octanol–water partition coefficient (Wildman–Crippen LogP) is 4.77. The van der Waals surface area contributed by atoms with Gasteiger partial charge in [-0.2, -0.15) is 9.97 Å². The van der Waals surface area contributed by atoms with Gasteiger partial charge in [0.1, 0.15) is 5.54 Å². The van der Waals surface area contributed by atoms with Crippen LogP contribution >= 0.6 is 0 Å². The summed E-state index contributed by atoms with van der Waals surface area (Å²) < 4.78 is 7.25. The lowest BCUT2D eigenvalue weighted by molar-refractivity contribution is 0.209. The molecule has 168 valence electrons. The predicted molar refractivity (Wildman–Crippen MR) is 128 cm³/mol. The number of benzene rings is 3. The van der Waals surface area contributed by atoms with Crippen LogP contribution in [0, 0.1) is 0 Å². The van der Waals surface area contributed by atoms with Gasteiger partial charge in [0.25, 0.3) is 0 Å². The molecule has 0 saturated carbocycles. The Bertz CT molecular complexity index is 1340. The van der Waals surface area contributed by atoms with E-state index in [1.165, 1.54) is 7.11 Å². The molecule has 8 heteroatoms. The second-order valence-corrected chi connectivity index (χ2v) is 7.58. The largest absolute Gasteiger partial charge is 0.467 e. The number of imidazole rings is 1. The van der Waals surface area contributed by atoms with Crippen LogP contribution in [0.1, 0.15) is 16.7 Å². The van der Waals surface area contributed by atoms with Gasteiger partial charge in [-0.15, -0.1) is 0 Å².